The first-order valence-electron chi connectivity index (χ1n) is 4.08. The standard InChI is InChI=1S/C10H10BrNO2/c1-12(10(14)9(13)7-11)8-5-3-2-4-6-8/h2-6H,7H2,1H3. The summed E-state index contributed by atoms with van der Waals surface area (Å²) in [6.45, 7) is 0. The highest BCUT2D eigenvalue weighted by Crippen LogP contribution is 2.11. The molecule has 0 unspecified atom stereocenters. The molecule has 0 spiro atoms. The Hall–Kier alpha value is -1.16. The van der Waals surface area contributed by atoms with Crippen LogP contribution in [0.2, 0.25) is 0 Å². The molecule has 0 atom stereocenters. The van der Waals surface area contributed by atoms with Gasteiger partial charge in [0.05, 0.1) is 5.33 Å². The summed E-state index contributed by atoms with van der Waals surface area (Å²) >= 11 is 2.96. The highest BCUT2D eigenvalue weighted by atomic mass is 79.9. The molecule has 0 saturated heterocycles. The van der Waals surface area contributed by atoms with Crippen LogP contribution >= 0.6 is 15.9 Å². The third-order valence-corrected chi connectivity index (χ3v) is 2.32. The number of alkyl halides is 1. The molecule has 0 heterocycles. The van der Waals surface area contributed by atoms with Gasteiger partial charge < -0.3 is 4.90 Å². The lowest BCUT2D eigenvalue weighted by Crippen LogP contribution is -2.33. The van der Waals surface area contributed by atoms with Crippen molar-refractivity contribution < 1.29 is 9.59 Å². The van der Waals surface area contributed by atoms with Crippen molar-refractivity contribution in [2.45, 2.75) is 0 Å². The smallest absolute Gasteiger partial charge is 0.294 e. The molecule has 3 nitrogen and oxygen atoms in total. The second kappa shape index (κ2) is 4.91. The molecule has 0 aliphatic carbocycles. The lowest BCUT2D eigenvalue weighted by Gasteiger charge is -2.15. The number of rotatable bonds is 3. The van der Waals surface area contributed by atoms with E-state index in [1.165, 1.54) is 4.90 Å². The van der Waals surface area contributed by atoms with E-state index < -0.39 is 11.7 Å². The molecule has 74 valence electrons. The average molecular weight is 256 g/mol. The van der Waals surface area contributed by atoms with Crippen LogP contribution in [0.15, 0.2) is 30.3 Å². The number of carbonyl (C=O) groups excluding carboxylic acids is 2. The van der Waals surface area contributed by atoms with Gasteiger partial charge in [-0.15, -0.1) is 0 Å². The van der Waals surface area contributed by atoms with Gasteiger partial charge in [-0.05, 0) is 12.1 Å². The van der Waals surface area contributed by atoms with Crippen LogP contribution in [0.4, 0.5) is 5.69 Å². The van der Waals surface area contributed by atoms with Crippen LogP contribution < -0.4 is 4.90 Å². The van der Waals surface area contributed by atoms with E-state index in [2.05, 4.69) is 15.9 Å². The molecule has 0 aromatic heterocycles. The molecule has 0 N–H and O–H groups in total. The first-order chi connectivity index (χ1) is 6.66. The fourth-order valence-corrected chi connectivity index (χ4v) is 1.25. The van der Waals surface area contributed by atoms with Gasteiger partial charge >= 0.3 is 0 Å². The maximum atomic E-state index is 11.4. The molecule has 1 amide bonds. The number of carbonyl (C=O) groups is 2. The number of hydrogen-bond acceptors (Lipinski definition) is 2. The van der Waals surface area contributed by atoms with Crippen LogP contribution in [0, 0.1) is 0 Å². The number of amides is 1. The number of hydrogen-bond donors (Lipinski definition) is 0. The number of para-hydroxylation sites is 1. The third-order valence-electron chi connectivity index (χ3n) is 1.81. The van der Waals surface area contributed by atoms with Gasteiger partial charge in [0, 0.05) is 12.7 Å². The van der Waals surface area contributed by atoms with Crippen molar-refractivity contribution in [1.29, 1.82) is 0 Å². The predicted molar refractivity (Wildman–Crippen MR) is 58.7 cm³/mol. The van der Waals surface area contributed by atoms with Gasteiger partial charge in [0.1, 0.15) is 0 Å². The summed E-state index contributed by atoms with van der Waals surface area (Å²) in [7, 11) is 1.58. The molecule has 0 fully saturated rings. The van der Waals surface area contributed by atoms with Gasteiger partial charge in [-0.3, -0.25) is 9.59 Å². The van der Waals surface area contributed by atoms with Gasteiger partial charge in [0.2, 0.25) is 5.78 Å². The van der Waals surface area contributed by atoms with Crippen molar-refractivity contribution in [3.05, 3.63) is 30.3 Å². The predicted octanol–water partition coefficient (Wildman–Crippen LogP) is 1.61. The Morgan fingerprint density at radius 1 is 1.29 bits per heavy atom. The summed E-state index contributed by atoms with van der Waals surface area (Å²) in [6, 6.07) is 9.04. The van der Waals surface area contributed by atoms with E-state index in [4.69, 9.17) is 0 Å². The monoisotopic (exact) mass is 255 g/mol. The second-order valence-electron chi connectivity index (χ2n) is 2.76. The zero-order chi connectivity index (χ0) is 10.6. The minimum Gasteiger partial charge on any atom is -0.309 e. The first kappa shape index (κ1) is 10.9. The van der Waals surface area contributed by atoms with Crippen molar-refractivity contribution in [2.75, 3.05) is 17.3 Å². The van der Waals surface area contributed by atoms with E-state index in [1.54, 1.807) is 19.2 Å². The number of ketones is 1. The van der Waals surface area contributed by atoms with Gasteiger partial charge in [0.25, 0.3) is 5.91 Å². The van der Waals surface area contributed by atoms with E-state index in [0.717, 1.165) is 0 Å². The Labute approximate surface area is 90.8 Å². The summed E-state index contributed by atoms with van der Waals surface area (Å²) in [5.74, 6) is -0.954. The largest absolute Gasteiger partial charge is 0.309 e. The van der Waals surface area contributed by atoms with Gasteiger partial charge in [-0.1, -0.05) is 34.1 Å². The topological polar surface area (TPSA) is 37.4 Å². The molecule has 0 saturated carbocycles. The van der Waals surface area contributed by atoms with Crippen molar-refractivity contribution in [1.82, 2.24) is 0 Å². The average Bonchev–Trinajstić information content (AvgIpc) is 2.27. The van der Waals surface area contributed by atoms with Crippen LogP contribution in [-0.4, -0.2) is 24.1 Å². The van der Waals surface area contributed by atoms with Crippen LogP contribution in [0.3, 0.4) is 0 Å². The number of nitrogens with zero attached hydrogens (tertiary/aromatic N) is 1. The Morgan fingerprint density at radius 2 is 1.86 bits per heavy atom. The minimum absolute atomic E-state index is 0.0585. The van der Waals surface area contributed by atoms with Crippen LogP contribution in [0.5, 0.6) is 0 Å². The van der Waals surface area contributed by atoms with Gasteiger partial charge in [0.15, 0.2) is 0 Å². The first-order valence-corrected chi connectivity index (χ1v) is 5.21. The Morgan fingerprint density at radius 3 is 2.36 bits per heavy atom. The highest BCUT2D eigenvalue weighted by molar-refractivity contribution is 9.09. The Bertz CT molecular complexity index is 337. The zero-order valence-electron chi connectivity index (χ0n) is 7.74. The summed E-state index contributed by atoms with van der Waals surface area (Å²) in [5, 5.41) is 0.0585. The molecule has 0 bridgehead atoms. The second-order valence-corrected chi connectivity index (χ2v) is 3.32. The molecule has 0 radical (unpaired) electrons. The van der Waals surface area contributed by atoms with Crippen molar-refractivity contribution in [3.8, 4) is 0 Å². The lowest BCUT2D eigenvalue weighted by molar-refractivity contribution is -0.134. The fraction of sp³-hybridized carbons (Fsp3) is 0.200. The Balaban J connectivity index is 2.81. The number of Topliss-reactive ketones (excluding diaryl/α,β-unsaturated/α-hetero) is 1. The zero-order valence-corrected chi connectivity index (χ0v) is 9.32. The van der Waals surface area contributed by atoms with Crippen LogP contribution in [-0.2, 0) is 9.59 Å². The Kier molecular flexibility index (Phi) is 3.83. The van der Waals surface area contributed by atoms with Gasteiger partial charge in [-0.2, -0.15) is 0 Å². The number of anilines is 1. The summed E-state index contributed by atoms with van der Waals surface area (Å²) < 4.78 is 0. The molecule has 0 aliphatic heterocycles. The molecule has 1 aromatic rings. The SMILES string of the molecule is CN(C(=O)C(=O)CBr)c1ccccc1. The molecule has 1 rings (SSSR count). The molecular formula is C10H10BrNO2. The molecular weight excluding hydrogens is 246 g/mol. The molecule has 4 heteroatoms. The van der Waals surface area contributed by atoms with E-state index in [-0.39, 0.29) is 5.33 Å². The maximum Gasteiger partial charge on any atom is 0.294 e. The van der Waals surface area contributed by atoms with E-state index in [0.29, 0.717) is 5.69 Å². The minimum atomic E-state index is -0.506. The van der Waals surface area contributed by atoms with Crippen molar-refractivity contribution in [3.63, 3.8) is 0 Å². The number of likely N-dealkylation sites (N-methyl/N-ethyl adjacent to an activating group) is 1. The van der Waals surface area contributed by atoms with Crippen molar-refractivity contribution in [2.24, 2.45) is 0 Å². The quantitative estimate of drug-likeness (QED) is 0.608. The molecule has 0 aliphatic rings. The summed E-state index contributed by atoms with van der Waals surface area (Å²) in [6.07, 6.45) is 0. The number of halogens is 1. The van der Waals surface area contributed by atoms with E-state index >= 15 is 0 Å². The summed E-state index contributed by atoms with van der Waals surface area (Å²) in [5.41, 5.74) is 0.715. The summed E-state index contributed by atoms with van der Waals surface area (Å²) in [4.78, 5) is 23.8. The van der Waals surface area contributed by atoms with E-state index in [1.807, 2.05) is 18.2 Å². The van der Waals surface area contributed by atoms with Crippen LogP contribution in [0.25, 0.3) is 0 Å². The fourth-order valence-electron chi connectivity index (χ4n) is 1.01. The molecule has 1 aromatic carbocycles. The van der Waals surface area contributed by atoms with Crippen molar-refractivity contribution >= 4 is 33.3 Å². The lowest BCUT2D eigenvalue weighted by atomic mass is 10.3. The van der Waals surface area contributed by atoms with E-state index in [9.17, 15) is 9.59 Å². The van der Waals surface area contributed by atoms with Gasteiger partial charge in [-0.25, -0.2) is 0 Å². The van der Waals surface area contributed by atoms with Crippen LogP contribution in [0.1, 0.15) is 0 Å². The third kappa shape index (κ3) is 2.42. The molecule has 14 heavy (non-hydrogen) atoms. The maximum absolute atomic E-state index is 11.4. The highest BCUT2D eigenvalue weighted by Gasteiger charge is 2.17. The normalized spacial score (nSPS) is 9.57. The number of benzene rings is 1.